The maximum Gasteiger partial charge on any atom is 0.335 e. The fourth-order valence-corrected chi connectivity index (χ4v) is 3.18. The molecule has 0 aliphatic carbocycles. The van der Waals surface area contributed by atoms with Crippen molar-refractivity contribution in [2.45, 2.75) is 92.3 Å². The van der Waals surface area contributed by atoms with Gasteiger partial charge in [0.2, 0.25) is 0 Å². The lowest BCUT2D eigenvalue weighted by Crippen LogP contribution is -2.27. The fraction of sp³-hybridized carbons (Fsp3) is 0.607. The first-order valence-corrected chi connectivity index (χ1v) is 11.8. The largest absolute Gasteiger partial charge is 0.479 e. The van der Waals surface area contributed by atoms with Crippen LogP contribution < -0.4 is 0 Å². The summed E-state index contributed by atoms with van der Waals surface area (Å²) in [5.74, 6) is -1.15. The highest BCUT2D eigenvalue weighted by Gasteiger charge is 2.15. The Labute approximate surface area is 201 Å². The van der Waals surface area contributed by atoms with Crippen LogP contribution in [0.3, 0.4) is 0 Å². The van der Waals surface area contributed by atoms with Crippen LogP contribution in [0.25, 0.3) is 0 Å². The number of carbonyl (C=O) groups is 1. The number of carboxylic acids is 1. The molecule has 0 spiro atoms. The van der Waals surface area contributed by atoms with Crippen LogP contribution in [0.1, 0.15) is 80.1 Å². The first kappa shape index (κ1) is 31.0. The van der Waals surface area contributed by atoms with Crippen molar-refractivity contribution >= 4 is 5.97 Å². The summed E-state index contributed by atoms with van der Waals surface area (Å²) in [5, 5.41) is 27.8. The number of rotatable bonds is 17. The van der Waals surface area contributed by atoms with Gasteiger partial charge in [-0.1, -0.05) is 73.1 Å². The molecule has 0 aromatic rings. The Balaban J connectivity index is 4.34. The molecule has 0 aromatic heterocycles. The van der Waals surface area contributed by atoms with E-state index in [1.807, 2.05) is 32.9 Å². The predicted octanol–water partition coefficient (Wildman–Crippen LogP) is 6.15. The summed E-state index contributed by atoms with van der Waals surface area (Å²) in [6.07, 6.45) is 14.1. The minimum Gasteiger partial charge on any atom is -0.479 e. The van der Waals surface area contributed by atoms with E-state index in [1.54, 1.807) is 0 Å². The topological polar surface area (TPSA) is 87.0 Å². The Bertz CT molecular complexity index is 721. The molecule has 0 aliphatic rings. The number of ether oxygens (including phenoxy) is 1. The van der Waals surface area contributed by atoms with Crippen LogP contribution in [0.2, 0.25) is 0 Å². The Kier molecular flexibility index (Phi) is 15.6. The van der Waals surface area contributed by atoms with Gasteiger partial charge in [0.25, 0.3) is 0 Å². The maximum atomic E-state index is 10.8. The van der Waals surface area contributed by atoms with Crippen LogP contribution in [0.5, 0.6) is 0 Å². The first-order valence-electron chi connectivity index (χ1n) is 11.8. The van der Waals surface area contributed by atoms with Crippen molar-refractivity contribution in [3.8, 4) is 0 Å². The summed E-state index contributed by atoms with van der Waals surface area (Å²) in [6.45, 7) is 16.4. The molecule has 0 aromatic carbocycles. The molecule has 0 saturated carbocycles. The van der Waals surface area contributed by atoms with E-state index in [0.29, 0.717) is 6.42 Å². The Morgan fingerprint density at radius 3 is 2.33 bits per heavy atom. The van der Waals surface area contributed by atoms with E-state index in [0.717, 1.165) is 43.3 Å². The van der Waals surface area contributed by atoms with Crippen molar-refractivity contribution in [2.75, 3.05) is 13.2 Å². The van der Waals surface area contributed by atoms with Crippen molar-refractivity contribution < 1.29 is 24.9 Å². The number of hydrogen-bond donors (Lipinski definition) is 3. The van der Waals surface area contributed by atoms with Gasteiger partial charge in [-0.15, -0.1) is 0 Å². The molecular weight excluding hydrogens is 416 g/mol. The molecule has 0 radical (unpaired) electrons. The minimum absolute atomic E-state index is 0.0813. The minimum atomic E-state index is -1.17. The second-order valence-corrected chi connectivity index (χ2v) is 9.84. The summed E-state index contributed by atoms with van der Waals surface area (Å²) in [4.78, 5) is 10.8. The molecule has 2 atom stereocenters. The lowest BCUT2D eigenvalue weighted by molar-refractivity contribution is -0.152. The third-order valence-corrected chi connectivity index (χ3v) is 5.36. The van der Waals surface area contributed by atoms with Gasteiger partial charge in [0, 0.05) is 0 Å². The van der Waals surface area contributed by atoms with Crippen LogP contribution in [0.4, 0.5) is 0 Å². The number of allylic oxidation sites excluding steroid dienone is 6. The van der Waals surface area contributed by atoms with Crippen LogP contribution in [0, 0.1) is 5.41 Å². The van der Waals surface area contributed by atoms with Crippen LogP contribution in [-0.4, -0.2) is 46.7 Å². The molecule has 1 unspecified atom stereocenters. The summed E-state index contributed by atoms with van der Waals surface area (Å²) < 4.78 is 5.14. The molecule has 5 nitrogen and oxygen atoms in total. The molecule has 0 heterocycles. The van der Waals surface area contributed by atoms with Crippen molar-refractivity contribution in [2.24, 2.45) is 5.41 Å². The Morgan fingerprint density at radius 2 is 1.76 bits per heavy atom. The number of aliphatic hydroxyl groups excluding tert-OH is 2. The molecule has 0 aliphatic heterocycles. The highest BCUT2D eigenvalue weighted by Crippen LogP contribution is 2.27. The summed E-state index contributed by atoms with van der Waals surface area (Å²) in [5.41, 5.74) is 4.72. The van der Waals surface area contributed by atoms with Gasteiger partial charge in [-0.05, 0) is 71.6 Å². The second kappa shape index (κ2) is 16.6. The number of aliphatic carboxylic acids is 1. The van der Waals surface area contributed by atoms with Gasteiger partial charge in [-0.3, -0.25) is 0 Å². The van der Waals surface area contributed by atoms with Gasteiger partial charge < -0.3 is 20.1 Å². The first-order chi connectivity index (χ1) is 15.4. The third-order valence-electron chi connectivity index (χ3n) is 5.36. The lowest BCUT2D eigenvalue weighted by atomic mass is 9.85. The van der Waals surface area contributed by atoms with E-state index in [4.69, 9.17) is 14.9 Å². The van der Waals surface area contributed by atoms with E-state index >= 15 is 0 Å². The predicted molar refractivity (Wildman–Crippen MR) is 137 cm³/mol. The third kappa shape index (κ3) is 17.2. The average molecular weight is 463 g/mol. The van der Waals surface area contributed by atoms with Gasteiger partial charge in [-0.25, -0.2) is 4.79 Å². The molecular formula is C28H46O5. The summed E-state index contributed by atoms with van der Waals surface area (Å²) >= 11 is 0. The second-order valence-electron chi connectivity index (χ2n) is 9.84. The number of carboxylic acid groups (broad SMARTS) is 1. The zero-order chi connectivity index (χ0) is 25.4. The SMILES string of the molecule is C=C(C/C=C(\C)CC(O)C=C(C)C)CCC(C)(C)/C=C/CC/C(C)=C\CO[C@H](CO)C(=O)O. The molecule has 188 valence electrons. The molecule has 0 bridgehead atoms. The summed E-state index contributed by atoms with van der Waals surface area (Å²) in [6, 6.07) is 0. The smallest absolute Gasteiger partial charge is 0.335 e. The molecule has 0 fully saturated rings. The summed E-state index contributed by atoms with van der Waals surface area (Å²) in [7, 11) is 0. The number of hydrogen-bond acceptors (Lipinski definition) is 4. The highest BCUT2D eigenvalue weighted by atomic mass is 16.5. The van der Waals surface area contributed by atoms with Crippen molar-refractivity contribution in [3.63, 3.8) is 0 Å². The highest BCUT2D eigenvalue weighted by molar-refractivity contribution is 5.72. The van der Waals surface area contributed by atoms with Crippen molar-refractivity contribution in [3.05, 3.63) is 59.3 Å². The molecule has 0 rings (SSSR count). The van der Waals surface area contributed by atoms with Gasteiger partial charge in [0.1, 0.15) is 0 Å². The monoisotopic (exact) mass is 462 g/mol. The van der Waals surface area contributed by atoms with E-state index < -0.39 is 24.8 Å². The lowest BCUT2D eigenvalue weighted by Gasteiger charge is -2.20. The van der Waals surface area contributed by atoms with Gasteiger partial charge in [0.05, 0.1) is 19.3 Å². The van der Waals surface area contributed by atoms with Gasteiger partial charge in [0.15, 0.2) is 6.10 Å². The molecule has 0 saturated heterocycles. The van der Waals surface area contributed by atoms with E-state index in [2.05, 4.69) is 45.6 Å². The van der Waals surface area contributed by atoms with Crippen LogP contribution in [-0.2, 0) is 9.53 Å². The van der Waals surface area contributed by atoms with E-state index in [-0.39, 0.29) is 12.0 Å². The van der Waals surface area contributed by atoms with E-state index in [1.165, 1.54) is 11.1 Å². The fourth-order valence-electron chi connectivity index (χ4n) is 3.18. The zero-order valence-electron chi connectivity index (χ0n) is 21.6. The average Bonchev–Trinajstić information content (AvgIpc) is 2.70. The van der Waals surface area contributed by atoms with E-state index in [9.17, 15) is 9.90 Å². The van der Waals surface area contributed by atoms with Gasteiger partial charge >= 0.3 is 5.97 Å². The molecule has 5 heteroatoms. The van der Waals surface area contributed by atoms with Crippen molar-refractivity contribution in [1.82, 2.24) is 0 Å². The molecule has 0 amide bonds. The Morgan fingerprint density at radius 1 is 1.09 bits per heavy atom. The van der Waals surface area contributed by atoms with Crippen molar-refractivity contribution in [1.29, 1.82) is 0 Å². The quantitative estimate of drug-likeness (QED) is 0.226. The molecule has 33 heavy (non-hydrogen) atoms. The number of aliphatic hydroxyl groups is 2. The van der Waals surface area contributed by atoms with Crippen LogP contribution in [0.15, 0.2) is 59.3 Å². The zero-order valence-corrected chi connectivity index (χ0v) is 21.6. The standard InChI is InChI=1S/C28H46O5/c1-21(2)18-25(30)19-24(5)12-11-23(4)13-16-28(6,7)15-9-8-10-22(3)14-17-33-26(20-29)27(31)32/h9,12,14-15,18,25-26,29-30H,4,8,10-11,13,16-17,19-20H2,1-3,5-7H3,(H,31,32)/b15-9+,22-14-,24-12+/t25?,26-/m1/s1. The van der Waals surface area contributed by atoms with Crippen LogP contribution >= 0.6 is 0 Å². The molecule has 3 N–H and O–H groups in total. The Hall–Kier alpha value is -1.95. The maximum absolute atomic E-state index is 10.8. The normalized spacial score (nSPS) is 14.9. The van der Waals surface area contributed by atoms with Gasteiger partial charge in [-0.2, -0.15) is 0 Å².